The van der Waals surface area contributed by atoms with Gasteiger partial charge in [0.15, 0.2) is 0 Å². The summed E-state index contributed by atoms with van der Waals surface area (Å²) >= 11 is 0. The average molecular weight is 450 g/mol. The second-order valence-electron chi connectivity index (χ2n) is 9.42. The summed E-state index contributed by atoms with van der Waals surface area (Å²) in [4.78, 5) is 48.8. The standard InChI is InChI=1S/C23H35N3O6/c1-15(2)12-17(14-26(30)31)20(27)25-19(23(3,4)5)21(28)24-18(22(29)32-6)13-16-10-8-7-9-11-16/h7-11,15,17-19H,12-14H2,1-6H3,(H,24,28)(H,25,27)/t17-,18-,19-/m1/s1. The lowest BCUT2D eigenvalue weighted by Crippen LogP contribution is -2.58. The lowest BCUT2D eigenvalue weighted by Gasteiger charge is -2.32. The molecule has 0 radical (unpaired) electrons. The van der Waals surface area contributed by atoms with Crippen molar-refractivity contribution in [3.8, 4) is 0 Å². The molecule has 0 bridgehead atoms. The normalized spacial score (nSPS) is 14.2. The van der Waals surface area contributed by atoms with Gasteiger partial charge in [0, 0.05) is 11.3 Å². The van der Waals surface area contributed by atoms with Gasteiger partial charge in [-0.05, 0) is 23.3 Å². The Kier molecular flexibility index (Phi) is 10.3. The largest absolute Gasteiger partial charge is 0.467 e. The number of benzene rings is 1. The number of nitrogens with zero attached hydrogens (tertiary/aromatic N) is 1. The van der Waals surface area contributed by atoms with Gasteiger partial charge in [-0.2, -0.15) is 0 Å². The van der Waals surface area contributed by atoms with Crippen LogP contribution in [0.5, 0.6) is 0 Å². The molecule has 1 rings (SSSR count). The van der Waals surface area contributed by atoms with Crippen LogP contribution in [0, 0.1) is 27.4 Å². The van der Waals surface area contributed by atoms with Crippen LogP contribution in [-0.2, 0) is 25.5 Å². The van der Waals surface area contributed by atoms with Crippen LogP contribution in [0.4, 0.5) is 0 Å². The second kappa shape index (κ2) is 12.2. The highest BCUT2D eigenvalue weighted by Gasteiger charge is 2.37. The Hall–Kier alpha value is -2.97. The molecule has 9 heteroatoms. The number of ether oxygens (including phenoxy) is 1. The first-order valence-corrected chi connectivity index (χ1v) is 10.7. The summed E-state index contributed by atoms with van der Waals surface area (Å²) in [5.41, 5.74) is 0.131. The van der Waals surface area contributed by atoms with E-state index in [0.29, 0.717) is 6.42 Å². The van der Waals surface area contributed by atoms with E-state index in [9.17, 15) is 24.5 Å². The Morgan fingerprint density at radius 3 is 2.12 bits per heavy atom. The van der Waals surface area contributed by atoms with Crippen LogP contribution < -0.4 is 10.6 Å². The zero-order chi connectivity index (χ0) is 24.5. The molecule has 178 valence electrons. The van der Waals surface area contributed by atoms with Crippen molar-refractivity contribution in [3.63, 3.8) is 0 Å². The summed E-state index contributed by atoms with van der Waals surface area (Å²) in [6.45, 7) is 8.55. The molecule has 0 aliphatic heterocycles. The smallest absolute Gasteiger partial charge is 0.328 e. The van der Waals surface area contributed by atoms with Gasteiger partial charge >= 0.3 is 5.97 Å². The highest BCUT2D eigenvalue weighted by atomic mass is 16.6. The number of carbonyl (C=O) groups excluding carboxylic acids is 3. The number of hydrogen-bond acceptors (Lipinski definition) is 6. The van der Waals surface area contributed by atoms with Crippen LogP contribution in [0.3, 0.4) is 0 Å². The lowest BCUT2D eigenvalue weighted by atomic mass is 9.85. The van der Waals surface area contributed by atoms with E-state index in [1.807, 2.05) is 44.2 Å². The quantitative estimate of drug-likeness (QED) is 0.303. The molecule has 32 heavy (non-hydrogen) atoms. The van der Waals surface area contributed by atoms with Gasteiger partial charge in [-0.15, -0.1) is 0 Å². The number of amides is 2. The van der Waals surface area contributed by atoms with Crippen molar-refractivity contribution in [1.29, 1.82) is 0 Å². The first-order chi connectivity index (χ1) is 14.8. The van der Waals surface area contributed by atoms with E-state index < -0.39 is 52.7 Å². The summed E-state index contributed by atoms with van der Waals surface area (Å²) in [6, 6.07) is 7.22. The Morgan fingerprint density at radius 1 is 1.06 bits per heavy atom. The number of hydrogen-bond donors (Lipinski definition) is 2. The van der Waals surface area contributed by atoms with Gasteiger partial charge in [0.05, 0.1) is 7.11 Å². The first kappa shape index (κ1) is 27.1. The molecule has 0 aliphatic rings. The Labute approximate surface area is 189 Å². The van der Waals surface area contributed by atoms with Crippen molar-refractivity contribution in [3.05, 3.63) is 46.0 Å². The summed E-state index contributed by atoms with van der Waals surface area (Å²) in [7, 11) is 1.24. The number of rotatable bonds is 11. The Balaban J connectivity index is 3.05. The fraction of sp³-hybridized carbons (Fsp3) is 0.609. The third-order valence-corrected chi connectivity index (χ3v) is 5.00. The third kappa shape index (κ3) is 9.03. The molecular formula is C23H35N3O6. The highest BCUT2D eigenvalue weighted by molar-refractivity contribution is 5.92. The summed E-state index contributed by atoms with van der Waals surface area (Å²) < 4.78 is 4.84. The fourth-order valence-corrected chi connectivity index (χ4v) is 3.39. The monoisotopic (exact) mass is 449 g/mol. The van der Waals surface area contributed by atoms with Crippen LogP contribution in [0.2, 0.25) is 0 Å². The first-order valence-electron chi connectivity index (χ1n) is 10.7. The molecule has 0 saturated carbocycles. The number of methoxy groups -OCH3 is 1. The van der Waals surface area contributed by atoms with Gasteiger partial charge in [-0.3, -0.25) is 19.7 Å². The van der Waals surface area contributed by atoms with Gasteiger partial charge in [0.1, 0.15) is 18.0 Å². The Bertz CT molecular complexity index is 789. The molecule has 3 atom stereocenters. The number of carbonyl (C=O) groups is 3. The molecule has 1 aromatic carbocycles. The van der Waals surface area contributed by atoms with E-state index in [1.54, 1.807) is 20.8 Å². The summed E-state index contributed by atoms with van der Waals surface area (Å²) in [5.74, 6) is -2.50. The van der Waals surface area contributed by atoms with Gasteiger partial charge < -0.3 is 15.4 Å². The minimum atomic E-state index is -1.00. The molecule has 0 fully saturated rings. The van der Waals surface area contributed by atoms with Gasteiger partial charge in [-0.25, -0.2) is 4.79 Å². The van der Waals surface area contributed by atoms with E-state index in [0.717, 1.165) is 5.56 Å². The predicted octanol–water partition coefficient (Wildman–Crippen LogP) is 2.36. The molecule has 0 unspecified atom stereocenters. The van der Waals surface area contributed by atoms with Gasteiger partial charge in [0.2, 0.25) is 18.4 Å². The maximum Gasteiger partial charge on any atom is 0.328 e. The zero-order valence-electron chi connectivity index (χ0n) is 19.7. The molecule has 2 amide bonds. The molecule has 2 N–H and O–H groups in total. The molecule has 0 spiro atoms. The number of esters is 1. The minimum Gasteiger partial charge on any atom is -0.467 e. The predicted molar refractivity (Wildman–Crippen MR) is 120 cm³/mol. The van der Waals surface area contributed by atoms with Crippen LogP contribution in [0.15, 0.2) is 30.3 Å². The van der Waals surface area contributed by atoms with E-state index in [4.69, 9.17) is 4.74 Å². The zero-order valence-corrected chi connectivity index (χ0v) is 19.7. The molecule has 0 aromatic heterocycles. The van der Waals surface area contributed by atoms with E-state index in [-0.39, 0.29) is 12.3 Å². The van der Waals surface area contributed by atoms with E-state index in [1.165, 1.54) is 7.11 Å². The maximum atomic E-state index is 13.1. The van der Waals surface area contributed by atoms with Crippen LogP contribution in [-0.4, -0.2) is 48.4 Å². The van der Waals surface area contributed by atoms with Crippen LogP contribution in [0.25, 0.3) is 0 Å². The minimum absolute atomic E-state index is 0.0715. The summed E-state index contributed by atoms with van der Waals surface area (Å²) in [6.07, 6.45) is 0.547. The average Bonchev–Trinajstić information content (AvgIpc) is 2.69. The lowest BCUT2D eigenvalue weighted by molar-refractivity contribution is -0.486. The fourth-order valence-electron chi connectivity index (χ4n) is 3.39. The molecule has 9 nitrogen and oxygen atoms in total. The molecule has 0 aliphatic carbocycles. The third-order valence-electron chi connectivity index (χ3n) is 5.00. The van der Waals surface area contributed by atoms with Crippen molar-refractivity contribution in [1.82, 2.24) is 10.6 Å². The second-order valence-corrected chi connectivity index (χ2v) is 9.42. The molecular weight excluding hydrogens is 414 g/mol. The van der Waals surface area contributed by atoms with E-state index >= 15 is 0 Å². The molecule has 0 saturated heterocycles. The number of nitro groups is 1. The van der Waals surface area contributed by atoms with Crippen molar-refractivity contribution in [2.45, 2.75) is 59.5 Å². The van der Waals surface area contributed by atoms with E-state index in [2.05, 4.69) is 10.6 Å². The van der Waals surface area contributed by atoms with Crippen molar-refractivity contribution in [2.75, 3.05) is 13.7 Å². The van der Waals surface area contributed by atoms with Crippen LogP contribution >= 0.6 is 0 Å². The molecule has 0 heterocycles. The molecule has 1 aromatic rings. The van der Waals surface area contributed by atoms with Crippen LogP contribution in [0.1, 0.15) is 46.6 Å². The maximum absolute atomic E-state index is 13.1. The van der Waals surface area contributed by atoms with Gasteiger partial charge in [0.25, 0.3) is 0 Å². The SMILES string of the molecule is COC(=O)[C@@H](Cc1ccccc1)NC(=O)[C@@H](NC(=O)[C@H](CC(C)C)C[N+](=O)[O-])C(C)(C)C. The van der Waals surface area contributed by atoms with Gasteiger partial charge in [-0.1, -0.05) is 65.0 Å². The Morgan fingerprint density at radius 2 is 1.66 bits per heavy atom. The summed E-state index contributed by atoms with van der Waals surface area (Å²) in [5, 5.41) is 16.4. The van der Waals surface area contributed by atoms with Crippen molar-refractivity contribution >= 4 is 17.8 Å². The van der Waals surface area contributed by atoms with Crippen molar-refractivity contribution < 1.29 is 24.0 Å². The van der Waals surface area contributed by atoms with Crippen molar-refractivity contribution in [2.24, 2.45) is 17.3 Å². The number of nitrogens with one attached hydrogen (secondary N) is 2. The highest BCUT2D eigenvalue weighted by Crippen LogP contribution is 2.22. The topological polar surface area (TPSA) is 128 Å².